The molecule has 4 fully saturated rings. The van der Waals surface area contributed by atoms with E-state index in [4.69, 9.17) is 61.0 Å². The summed E-state index contributed by atoms with van der Waals surface area (Å²) in [5.41, 5.74) is 16.0. The van der Waals surface area contributed by atoms with E-state index >= 15 is 0 Å². The van der Waals surface area contributed by atoms with Crippen molar-refractivity contribution in [2.24, 2.45) is 0 Å². The zero-order valence-corrected chi connectivity index (χ0v) is 37.4. The second kappa shape index (κ2) is 18.0. The Bertz CT molecular complexity index is 2920. The lowest BCUT2D eigenvalue weighted by molar-refractivity contribution is -0.199. The summed E-state index contributed by atoms with van der Waals surface area (Å²) in [5, 5.41) is 4.03. The number of ether oxygens (including phenoxy) is 8. The molecule has 19 heteroatoms. The molecule has 4 N–H and O–H groups in total. The van der Waals surface area contributed by atoms with Crippen LogP contribution in [0.3, 0.4) is 0 Å². The largest absolute Gasteiger partial charge is 0.491 e. The maximum Gasteiger partial charge on any atom is 0.164 e. The van der Waals surface area contributed by atoms with Crippen LogP contribution in [0.15, 0.2) is 97.8 Å². The van der Waals surface area contributed by atoms with E-state index < -0.39 is 24.0 Å². The van der Waals surface area contributed by atoms with Crippen molar-refractivity contribution in [3.63, 3.8) is 0 Å². The van der Waals surface area contributed by atoms with Gasteiger partial charge in [-0.05, 0) is 89.2 Å². The molecule has 4 aliphatic heterocycles. The molecule has 68 heavy (non-hydrogen) atoms. The molecule has 0 bridgehead atoms. The SMILES string of the molecule is C.C.CC1(C)O[C@@H]2[C@H](O1)[C@@H](COc1ccc3ccc(Cl)nc3c1)O[C@H]2n1ccc2c(N)ncnc21.Cc1ccc2ccc(OC[C@H]3O[C@@H](n4ccc5c(N)ncnc54)[C@@H]4OC(C)(C)O[C@@H]43)cc2n1. The van der Waals surface area contributed by atoms with E-state index in [1.807, 2.05) is 117 Å². The topological polar surface area (TPSA) is 213 Å². The molecule has 4 saturated heterocycles. The summed E-state index contributed by atoms with van der Waals surface area (Å²) in [6.07, 6.45) is 3.84. The van der Waals surface area contributed by atoms with Gasteiger partial charge in [0.15, 0.2) is 24.0 Å². The highest BCUT2D eigenvalue weighted by Gasteiger charge is 2.57. The first-order chi connectivity index (χ1) is 31.8. The molecular formula is C49H55ClN10O8. The van der Waals surface area contributed by atoms with Crippen molar-refractivity contribution >= 4 is 67.1 Å². The summed E-state index contributed by atoms with van der Waals surface area (Å²) < 4.78 is 53.7. The standard InChI is InChI=1S/C24H25N5O4.C23H22ClN5O4.2CH4/c1-13-4-5-14-6-7-15(10-17(14)28-13)30-11-18-19-20(33-24(2,3)32-19)23(31-18)29-9-8-16-21(25)26-12-27-22(16)29;1-23(2)32-18-16(10-30-13-5-3-12-4-6-17(24)28-15(12)9-13)31-22(19(18)33-23)29-8-7-14-20(25)26-11-27-21(14)29;;/h4-10,12,18-20,23H,11H2,1-3H3,(H2,25,26,27);3-9,11,16,18-19,22H,10H2,1-2H3,(H2,25,26,27);2*1H4/t18-,19-,20-,23-;16-,18-,19-,22-;;/m11../s1. The maximum absolute atomic E-state index is 6.41. The molecule has 0 saturated carbocycles. The first kappa shape index (κ1) is 46.8. The molecule has 0 amide bonds. The number of rotatable bonds is 8. The summed E-state index contributed by atoms with van der Waals surface area (Å²) in [6.45, 7) is 10.2. The molecule has 4 aliphatic rings. The van der Waals surface area contributed by atoms with Gasteiger partial charge in [-0.3, -0.25) is 4.98 Å². The maximum atomic E-state index is 6.41. The van der Waals surface area contributed by atoms with Crippen molar-refractivity contribution in [1.82, 2.24) is 39.0 Å². The fourth-order valence-electron chi connectivity index (χ4n) is 9.23. The van der Waals surface area contributed by atoms with Crippen LogP contribution in [-0.4, -0.2) is 100 Å². The Kier molecular flexibility index (Phi) is 12.4. The molecule has 8 atom stereocenters. The molecular weight excluding hydrogens is 892 g/mol. The van der Waals surface area contributed by atoms with Crippen molar-refractivity contribution in [3.8, 4) is 11.5 Å². The summed E-state index contributed by atoms with van der Waals surface area (Å²) in [6, 6.07) is 23.1. The Morgan fingerprint density at radius 3 is 1.53 bits per heavy atom. The van der Waals surface area contributed by atoms with Gasteiger partial charge in [0.25, 0.3) is 0 Å². The highest BCUT2D eigenvalue weighted by atomic mass is 35.5. The number of nitrogens with zero attached hydrogens (tertiary/aromatic N) is 8. The molecule has 8 aromatic rings. The van der Waals surface area contributed by atoms with Crippen LogP contribution >= 0.6 is 11.6 Å². The summed E-state index contributed by atoms with van der Waals surface area (Å²) in [4.78, 5) is 25.9. The highest BCUT2D eigenvalue weighted by Crippen LogP contribution is 2.46. The Labute approximate surface area is 397 Å². The Hall–Kier alpha value is -6.25. The number of hydrogen-bond donors (Lipinski definition) is 2. The number of pyridine rings is 2. The number of aromatic nitrogens is 8. The number of anilines is 2. The lowest BCUT2D eigenvalue weighted by atomic mass is 10.1. The number of nitrogen functional groups attached to an aromatic ring is 2. The zero-order valence-electron chi connectivity index (χ0n) is 36.6. The summed E-state index contributed by atoms with van der Waals surface area (Å²) in [7, 11) is 0. The number of hydrogen-bond acceptors (Lipinski definition) is 16. The van der Waals surface area contributed by atoms with Gasteiger partial charge in [-0.25, -0.2) is 24.9 Å². The molecule has 0 radical (unpaired) electrons. The number of benzene rings is 2. The lowest BCUT2D eigenvalue weighted by Gasteiger charge is -2.25. The minimum Gasteiger partial charge on any atom is -0.491 e. The molecule has 356 valence electrons. The van der Waals surface area contributed by atoms with Crippen molar-refractivity contribution in [3.05, 3.63) is 109 Å². The molecule has 2 aromatic carbocycles. The molecule has 0 aliphatic carbocycles. The van der Waals surface area contributed by atoms with Crippen LogP contribution in [0.25, 0.3) is 43.9 Å². The second-order valence-electron chi connectivity index (χ2n) is 17.6. The highest BCUT2D eigenvalue weighted by molar-refractivity contribution is 6.29. The van der Waals surface area contributed by atoms with Gasteiger partial charge in [-0.1, -0.05) is 32.5 Å². The van der Waals surface area contributed by atoms with E-state index in [9.17, 15) is 0 Å². The number of fused-ring (bicyclic) bond motifs is 6. The van der Waals surface area contributed by atoms with Gasteiger partial charge in [-0.2, -0.15) is 0 Å². The van der Waals surface area contributed by atoms with Crippen molar-refractivity contribution < 1.29 is 37.9 Å². The van der Waals surface area contributed by atoms with Gasteiger partial charge in [0.2, 0.25) is 0 Å². The van der Waals surface area contributed by atoms with Gasteiger partial charge in [-0.15, -0.1) is 0 Å². The van der Waals surface area contributed by atoms with Crippen LogP contribution in [0.5, 0.6) is 11.5 Å². The van der Waals surface area contributed by atoms with E-state index in [0.717, 1.165) is 44.0 Å². The molecule has 0 unspecified atom stereocenters. The predicted octanol–water partition coefficient (Wildman–Crippen LogP) is 8.35. The zero-order chi connectivity index (χ0) is 45.5. The molecule has 0 spiro atoms. The first-order valence-corrected chi connectivity index (χ1v) is 22.0. The van der Waals surface area contributed by atoms with Crippen molar-refractivity contribution in [2.75, 3.05) is 24.7 Å². The van der Waals surface area contributed by atoms with Crippen molar-refractivity contribution in [2.45, 2.75) is 110 Å². The minimum absolute atomic E-state index is 0. The summed E-state index contributed by atoms with van der Waals surface area (Å²) >= 11 is 6.03. The molecule has 18 nitrogen and oxygen atoms in total. The van der Waals surface area contributed by atoms with E-state index in [1.54, 1.807) is 6.07 Å². The molecule has 12 rings (SSSR count). The van der Waals surface area contributed by atoms with Crippen LogP contribution in [-0.2, 0) is 28.4 Å². The van der Waals surface area contributed by atoms with Gasteiger partial charge in [0.05, 0.1) is 21.8 Å². The minimum atomic E-state index is -0.740. The third-order valence-corrected chi connectivity index (χ3v) is 12.4. The van der Waals surface area contributed by atoms with Crippen LogP contribution in [0.4, 0.5) is 11.6 Å². The Morgan fingerprint density at radius 2 is 1.03 bits per heavy atom. The third-order valence-electron chi connectivity index (χ3n) is 12.1. The quantitative estimate of drug-likeness (QED) is 0.137. The Morgan fingerprint density at radius 1 is 0.588 bits per heavy atom. The van der Waals surface area contributed by atoms with Crippen molar-refractivity contribution in [1.29, 1.82) is 0 Å². The number of nitrogens with two attached hydrogens (primary N) is 2. The normalized spacial score (nSPS) is 25.4. The monoisotopic (exact) mass is 946 g/mol. The fourth-order valence-corrected chi connectivity index (χ4v) is 9.39. The van der Waals surface area contributed by atoms with Crippen LogP contribution in [0.1, 0.15) is 60.7 Å². The summed E-state index contributed by atoms with van der Waals surface area (Å²) in [5.74, 6) is 0.785. The smallest absolute Gasteiger partial charge is 0.164 e. The van der Waals surface area contributed by atoms with Crippen LogP contribution in [0.2, 0.25) is 5.15 Å². The average molecular weight is 947 g/mol. The second-order valence-corrected chi connectivity index (χ2v) is 18.0. The van der Waals surface area contributed by atoms with Crippen LogP contribution in [0, 0.1) is 6.92 Å². The van der Waals surface area contributed by atoms with Gasteiger partial charge in [0.1, 0.15) is 102 Å². The van der Waals surface area contributed by atoms with Crippen LogP contribution < -0.4 is 20.9 Å². The number of aryl methyl sites for hydroxylation is 1. The third kappa shape index (κ3) is 8.72. The van der Waals surface area contributed by atoms with E-state index in [1.165, 1.54) is 12.7 Å². The lowest BCUT2D eigenvalue weighted by Crippen LogP contribution is -2.33. The predicted molar refractivity (Wildman–Crippen MR) is 257 cm³/mol. The fraction of sp³-hybridized carbons (Fsp3) is 0.388. The average Bonchev–Trinajstić information content (AvgIpc) is 4.14. The van der Waals surface area contributed by atoms with Gasteiger partial charge < -0.3 is 58.5 Å². The van der Waals surface area contributed by atoms with E-state index in [0.29, 0.717) is 40.4 Å². The molecule has 6 aromatic heterocycles. The van der Waals surface area contributed by atoms with Gasteiger partial charge in [0, 0.05) is 41.0 Å². The molecule has 10 heterocycles. The van der Waals surface area contributed by atoms with E-state index in [2.05, 4.69) is 36.0 Å². The Balaban J connectivity index is 0.000000165. The number of halogens is 1. The van der Waals surface area contributed by atoms with E-state index in [-0.39, 0.29) is 58.1 Å². The first-order valence-electron chi connectivity index (χ1n) is 21.6. The van der Waals surface area contributed by atoms with Gasteiger partial charge >= 0.3 is 0 Å².